The molecule has 1 aromatic heterocycles. The van der Waals surface area contributed by atoms with Crippen molar-refractivity contribution in [1.29, 1.82) is 0 Å². The number of nitrogens with zero attached hydrogens (tertiary/aromatic N) is 2. The summed E-state index contributed by atoms with van der Waals surface area (Å²) in [5.41, 5.74) is 6.66. The summed E-state index contributed by atoms with van der Waals surface area (Å²) in [6.07, 6.45) is 3.70. The van der Waals surface area contributed by atoms with Crippen molar-refractivity contribution in [3.63, 3.8) is 0 Å². The third kappa shape index (κ3) is 5.13. The Morgan fingerprint density at radius 1 is 1.10 bits per heavy atom. The van der Waals surface area contributed by atoms with E-state index in [9.17, 15) is 4.79 Å². The van der Waals surface area contributed by atoms with Crippen LogP contribution in [0.25, 0.3) is 10.9 Å². The Hall–Kier alpha value is -3.57. The molecule has 31 heavy (non-hydrogen) atoms. The standard InChI is InChI=1S/C25H22ClN3O2/c1-18-13-21(26)11-12-24(18)31-17-25(30)28-27-14-20-16-29(15-19-7-3-2-4-8-19)23-10-6-5-9-22(20)23/h2-14,16H,15,17H2,1H3,(H,28,30). The van der Waals surface area contributed by atoms with Gasteiger partial charge in [0.2, 0.25) is 0 Å². The first kappa shape index (κ1) is 20.7. The van der Waals surface area contributed by atoms with Crippen LogP contribution in [-0.4, -0.2) is 23.3 Å². The minimum Gasteiger partial charge on any atom is -0.483 e. The van der Waals surface area contributed by atoms with Crippen LogP contribution < -0.4 is 10.2 Å². The Labute approximate surface area is 185 Å². The molecule has 0 unspecified atom stereocenters. The van der Waals surface area contributed by atoms with Crippen molar-refractivity contribution in [2.75, 3.05) is 6.61 Å². The molecule has 4 aromatic rings. The Balaban J connectivity index is 1.42. The number of fused-ring (bicyclic) bond motifs is 1. The molecular weight excluding hydrogens is 410 g/mol. The predicted molar refractivity (Wildman–Crippen MR) is 125 cm³/mol. The molecule has 4 rings (SSSR count). The smallest absolute Gasteiger partial charge is 0.277 e. The van der Waals surface area contributed by atoms with Gasteiger partial charge in [-0.05, 0) is 42.3 Å². The van der Waals surface area contributed by atoms with Crippen LogP contribution in [0.15, 0.2) is 84.1 Å². The minimum atomic E-state index is -0.335. The maximum atomic E-state index is 12.1. The Kier molecular flexibility index (Phi) is 6.34. The molecule has 0 aliphatic rings. The van der Waals surface area contributed by atoms with Crippen LogP contribution in [0.4, 0.5) is 0 Å². The van der Waals surface area contributed by atoms with Crippen LogP contribution in [0.2, 0.25) is 5.02 Å². The van der Waals surface area contributed by atoms with E-state index in [4.69, 9.17) is 16.3 Å². The van der Waals surface area contributed by atoms with Crippen molar-refractivity contribution in [3.8, 4) is 5.75 Å². The van der Waals surface area contributed by atoms with Gasteiger partial charge in [-0.15, -0.1) is 0 Å². The number of hydrogen-bond acceptors (Lipinski definition) is 3. The van der Waals surface area contributed by atoms with Crippen molar-refractivity contribution in [2.24, 2.45) is 5.10 Å². The molecule has 6 heteroatoms. The molecule has 5 nitrogen and oxygen atoms in total. The number of aromatic nitrogens is 1. The number of carbonyl (C=O) groups is 1. The second-order valence-electron chi connectivity index (χ2n) is 7.21. The van der Waals surface area contributed by atoms with E-state index in [1.54, 1.807) is 24.4 Å². The normalized spacial score (nSPS) is 11.2. The SMILES string of the molecule is Cc1cc(Cl)ccc1OCC(=O)NN=Cc1cn(Cc2ccccc2)c2ccccc12. The molecule has 1 N–H and O–H groups in total. The van der Waals surface area contributed by atoms with E-state index < -0.39 is 0 Å². The van der Waals surface area contributed by atoms with Gasteiger partial charge in [0.15, 0.2) is 6.61 Å². The van der Waals surface area contributed by atoms with Crippen LogP contribution in [0, 0.1) is 6.92 Å². The monoisotopic (exact) mass is 431 g/mol. The molecule has 3 aromatic carbocycles. The van der Waals surface area contributed by atoms with E-state index in [1.807, 2.05) is 49.5 Å². The number of benzene rings is 3. The maximum Gasteiger partial charge on any atom is 0.277 e. The lowest BCUT2D eigenvalue weighted by molar-refractivity contribution is -0.123. The highest BCUT2D eigenvalue weighted by molar-refractivity contribution is 6.30. The molecule has 156 valence electrons. The fraction of sp³-hybridized carbons (Fsp3) is 0.120. The summed E-state index contributed by atoms with van der Waals surface area (Å²) in [4.78, 5) is 12.1. The summed E-state index contributed by atoms with van der Waals surface area (Å²) in [5.74, 6) is 0.283. The van der Waals surface area contributed by atoms with E-state index >= 15 is 0 Å². The number of hydrogen-bond donors (Lipinski definition) is 1. The summed E-state index contributed by atoms with van der Waals surface area (Å²) in [6.45, 7) is 2.51. The third-order valence-corrected chi connectivity index (χ3v) is 5.14. The van der Waals surface area contributed by atoms with Crippen molar-refractivity contribution < 1.29 is 9.53 Å². The van der Waals surface area contributed by atoms with Gasteiger partial charge >= 0.3 is 0 Å². The van der Waals surface area contributed by atoms with Crippen LogP contribution in [-0.2, 0) is 11.3 Å². The molecule has 0 saturated carbocycles. The van der Waals surface area contributed by atoms with Crippen molar-refractivity contribution >= 4 is 34.6 Å². The van der Waals surface area contributed by atoms with E-state index in [0.717, 1.165) is 28.6 Å². The summed E-state index contributed by atoms with van der Waals surface area (Å²) >= 11 is 5.94. The van der Waals surface area contributed by atoms with Crippen molar-refractivity contribution in [3.05, 3.63) is 101 Å². The van der Waals surface area contributed by atoms with Gasteiger partial charge in [0.05, 0.1) is 6.21 Å². The minimum absolute atomic E-state index is 0.129. The predicted octanol–water partition coefficient (Wildman–Crippen LogP) is 5.18. The lowest BCUT2D eigenvalue weighted by Gasteiger charge is -2.08. The number of para-hydroxylation sites is 1. The van der Waals surface area contributed by atoms with Gasteiger partial charge in [0.1, 0.15) is 5.75 Å². The molecule has 1 heterocycles. The molecule has 0 saturated heterocycles. The topological polar surface area (TPSA) is 55.6 Å². The van der Waals surface area contributed by atoms with E-state index in [1.165, 1.54) is 5.56 Å². The number of aryl methyl sites for hydroxylation is 1. The number of ether oxygens (including phenoxy) is 1. The fourth-order valence-electron chi connectivity index (χ4n) is 3.41. The maximum absolute atomic E-state index is 12.1. The Morgan fingerprint density at radius 3 is 2.68 bits per heavy atom. The van der Waals surface area contributed by atoms with Gasteiger partial charge in [0.25, 0.3) is 5.91 Å². The van der Waals surface area contributed by atoms with Crippen LogP contribution in [0.3, 0.4) is 0 Å². The van der Waals surface area contributed by atoms with Crippen molar-refractivity contribution in [2.45, 2.75) is 13.5 Å². The molecular formula is C25H22ClN3O2. The zero-order valence-corrected chi connectivity index (χ0v) is 17.8. The number of rotatable bonds is 7. The third-order valence-electron chi connectivity index (χ3n) is 4.90. The van der Waals surface area contributed by atoms with Gasteiger partial charge < -0.3 is 9.30 Å². The lowest BCUT2D eigenvalue weighted by Crippen LogP contribution is -2.24. The molecule has 0 aliphatic carbocycles. The zero-order chi connectivity index (χ0) is 21.6. The highest BCUT2D eigenvalue weighted by Crippen LogP contribution is 2.22. The van der Waals surface area contributed by atoms with Gasteiger partial charge in [-0.25, -0.2) is 5.43 Å². The van der Waals surface area contributed by atoms with E-state index in [2.05, 4.69) is 33.3 Å². The Bertz CT molecular complexity index is 1230. The summed E-state index contributed by atoms with van der Waals surface area (Å²) in [5, 5.41) is 5.83. The fourth-order valence-corrected chi connectivity index (χ4v) is 3.64. The number of carbonyl (C=O) groups excluding carboxylic acids is 1. The second-order valence-corrected chi connectivity index (χ2v) is 7.64. The molecule has 0 bridgehead atoms. The average molecular weight is 432 g/mol. The number of nitrogens with one attached hydrogen (secondary N) is 1. The lowest BCUT2D eigenvalue weighted by atomic mass is 10.2. The van der Waals surface area contributed by atoms with Gasteiger partial charge in [-0.3, -0.25) is 4.79 Å². The first-order valence-electron chi connectivity index (χ1n) is 9.93. The molecule has 0 aliphatic heterocycles. The summed E-state index contributed by atoms with van der Waals surface area (Å²) in [7, 11) is 0. The van der Waals surface area contributed by atoms with Crippen LogP contribution in [0.1, 0.15) is 16.7 Å². The van der Waals surface area contributed by atoms with E-state index in [-0.39, 0.29) is 12.5 Å². The van der Waals surface area contributed by atoms with Crippen LogP contribution >= 0.6 is 11.6 Å². The highest BCUT2D eigenvalue weighted by Gasteiger charge is 2.08. The van der Waals surface area contributed by atoms with E-state index in [0.29, 0.717) is 10.8 Å². The van der Waals surface area contributed by atoms with Crippen LogP contribution in [0.5, 0.6) is 5.75 Å². The number of amides is 1. The first-order valence-corrected chi connectivity index (χ1v) is 10.3. The van der Waals surface area contributed by atoms with Gasteiger partial charge in [0, 0.05) is 34.2 Å². The first-order chi connectivity index (χ1) is 15.1. The quantitative estimate of drug-likeness (QED) is 0.324. The number of halogens is 1. The molecule has 0 spiro atoms. The molecule has 0 radical (unpaired) electrons. The summed E-state index contributed by atoms with van der Waals surface area (Å²) in [6, 6.07) is 23.7. The number of hydrazone groups is 1. The summed E-state index contributed by atoms with van der Waals surface area (Å²) < 4.78 is 7.73. The van der Waals surface area contributed by atoms with Crippen molar-refractivity contribution in [1.82, 2.24) is 9.99 Å². The molecule has 0 atom stereocenters. The zero-order valence-electron chi connectivity index (χ0n) is 17.1. The largest absolute Gasteiger partial charge is 0.483 e. The molecule has 1 amide bonds. The highest BCUT2D eigenvalue weighted by atomic mass is 35.5. The Morgan fingerprint density at radius 2 is 1.87 bits per heavy atom. The van der Waals surface area contributed by atoms with Gasteiger partial charge in [-0.2, -0.15) is 5.10 Å². The van der Waals surface area contributed by atoms with Gasteiger partial charge in [-0.1, -0.05) is 60.1 Å². The molecule has 0 fully saturated rings. The average Bonchev–Trinajstić information content (AvgIpc) is 3.11. The second kappa shape index (κ2) is 9.49.